The van der Waals surface area contributed by atoms with E-state index in [1.807, 2.05) is 0 Å². The fourth-order valence-electron chi connectivity index (χ4n) is 1.69. The maximum atomic E-state index is 13.6. The summed E-state index contributed by atoms with van der Waals surface area (Å²) in [7, 11) is 0. The van der Waals surface area contributed by atoms with E-state index in [9.17, 15) is 13.6 Å². The zero-order chi connectivity index (χ0) is 14.7. The molecule has 5 nitrogen and oxygen atoms in total. The third-order valence-electron chi connectivity index (χ3n) is 2.71. The van der Waals surface area contributed by atoms with Crippen molar-refractivity contribution in [2.75, 3.05) is 5.32 Å². The van der Waals surface area contributed by atoms with Crippen molar-refractivity contribution in [2.24, 2.45) is 5.73 Å². The molecule has 1 heterocycles. The van der Waals surface area contributed by atoms with E-state index in [0.717, 1.165) is 6.07 Å². The van der Waals surface area contributed by atoms with Gasteiger partial charge in [0.2, 0.25) is 0 Å². The van der Waals surface area contributed by atoms with Crippen LogP contribution in [0.15, 0.2) is 30.3 Å². The van der Waals surface area contributed by atoms with Gasteiger partial charge in [-0.1, -0.05) is 6.07 Å². The number of halogens is 2. The van der Waals surface area contributed by atoms with E-state index in [1.54, 1.807) is 6.92 Å². The van der Waals surface area contributed by atoms with E-state index in [1.165, 1.54) is 24.3 Å². The van der Waals surface area contributed by atoms with Gasteiger partial charge in [0.15, 0.2) is 5.69 Å². The molecular formula is C13H12F2N4O. The van der Waals surface area contributed by atoms with Gasteiger partial charge in [-0.2, -0.15) is 0 Å². The third kappa shape index (κ3) is 3.05. The van der Waals surface area contributed by atoms with Crippen LogP contribution >= 0.6 is 0 Å². The number of benzene rings is 1. The van der Waals surface area contributed by atoms with Crippen LogP contribution in [0.25, 0.3) is 0 Å². The first kappa shape index (κ1) is 13.9. The second-order valence-corrected chi connectivity index (χ2v) is 4.20. The summed E-state index contributed by atoms with van der Waals surface area (Å²) in [5, 5.41) is 10.3. The lowest BCUT2D eigenvalue weighted by Crippen LogP contribution is -2.15. The first-order chi connectivity index (χ1) is 9.47. The van der Waals surface area contributed by atoms with E-state index < -0.39 is 23.6 Å². The first-order valence-corrected chi connectivity index (χ1v) is 5.82. The van der Waals surface area contributed by atoms with Gasteiger partial charge < -0.3 is 11.1 Å². The number of hydrogen-bond donors (Lipinski definition) is 2. The molecule has 0 radical (unpaired) electrons. The van der Waals surface area contributed by atoms with Crippen molar-refractivity contribution in [3.8, 4) is 0 Å². The number of nitrogens with one attached hydrogen (secondary N) is 1. The molecule has 1 aromatic heterocycles. The van der Waals surface area contributed by atoms with Crippen LogP contribution in [0.1, 0.15) is 29.0 Å². The lowest BCUT2D eigenvalue weighted by molar-refractivity contribution is 0.0994. The molecule has 1 amide bonds. The highest BCUT2D eigenvalue weighted by atomic mass is 19.1. The monoisotopic (exact) mass is 278 g/mol. The molecule has 7 heteroatoms. The van der Waals surface area contributed by atoms with Gasteiger partial charge in [0.1, 0.15) is 17.5 Å². The number of amides is 1. The van der Waals surface area contributed by atoms with Crippen LogP contribution in [0, 0.1) is 11.6 Å². The van der Waals surface area contributed by atoms with E-state index in [0.29, 0.717) is 11.4 Å². The number of nitrogens with zero attached hydrogens (tertiary/aromatic N) is 2. The highest BCUT2D eigenvalue weighted by Gasteiger charge is 2.12. The molecule has 0 aliphatic carbocycles. The second-order valence-electron chi connectivity index (χ2n) is 4.20. The minimum atomic E-state index is -0.679. The average molecular weight is 278 g/mol. The van der Waals surface area contributed by atoms with Crippen molar-refractivity contribution in [3.63, 3.8) is 0 Å². The van der Waals surface area contributed by atoms with E-state index >= 15 is 0 Å². The van der Waals surface area contributed by atoms with Crippen LogP contribution < -0.4 is 11.1 Å². The van der Waals surface area contributed by atoms with Crippen LogP contribution in [0.3, 0.4) is 0 Å². The summed E-state index contributed by atoms with van der Waals surface area (Å²) < 4.78 is 26.4. The third-order valence-corrected chi connectivity index (χ3v) is 2.71. The first-order valence-electron chi connectivity index (χ1n) is 5.82. The van der Waals surface area contributed by atoms with Crippen LogP contribution in [0.4, 0.5) is 14.6 Å². The number of carbonyl (C=O) groups excluding carboxylic acids is 1. The predicted octanol–water partition coefficient (Wildman–Crippen LogP) is 2.03. The number of anilines is 1. The number of rotatable bonds is 4. The predicted molar refractivity (Wildman–Crippen MR) is 68.9 cm³/mol. The lowest BCUT2D eigenvalue weighted by atomic mass is 10.1. The standard InChI is InChI=1S/C13H12F2N4O/c1-7(9-3-2-8(14)6-10(9)15)17-12-5-4-11(13(16)20)18-19-12/h2-7H,1H3,(H2,16,20)(H,17,19). The molecule has 0 saturated heterocycles. The van der Waals surface area contributed by atoms with Crippen molar-refractivity contribution in [3.05, 3.63) is 53.2 Å². The molecule has 1 aromatic carbocycles. The molecule has 0 saturated carbocycles. The van der Waals surface area contributed by atoms with Crippen LogP contribution in [-0.4, -0.2) is 16.1 Å². The number of hydrogen-bond acceptors (Lipinski definition) is 4. The van der Waals surface area contributed by atoms with Crippen molar-refractivity contribution in [1.82, 2.24) is 10.2 Å². The summed E-state index contributed by atoms with van der Waals surface area (Å²) in [6, 6.07) is 5.82. The molecule has 104 valence electrons. The van der Waals surface area contributed by atoms with Gasteiger partial charge in [0.05, 0.1) is 6.04 Å². The summed E-state index contributed by atoms with van der Waals surface area (Å²) in [4.78, 5) is 10.8. The summed E-state index contributed by atoms with van der Waals surface area (Å²) >= 11 is 0. The fourth-order valence-corrected chi connectivity index (χ4v) is 1.69. The number of nitrogens with two attached hydrogens (primary N) is 1. The Morgan fingerprint density at radius 2 is 2.00 bits per heavy atom. The van der Waals surface area contributed by atoms with Crippen molar-refractivity contribution >= 4 is 11.7 Å². The molecule has 2 aromatic rings. The highest BCUT2D eigenvalue weighted by molar-refractivity contribution is 5.90. The van der Waals surface area contributed by atoms with Crippen molar-refractivity contribution in [1.29, 1.82) is 0 Å². The smallest absolute Gasteiger partial charge is 0.269 e. The Morgan fingerprint density at radius 1 is 1.25 bits per heavy atom. The Bertz CT molecular complexity index is 631. The number of carbonyl (C=O) groups is 1. The SMILES string of the molecule is CC(Nc1ccc(C(N)=O)nn1)c1ccc(F)cc1F. The summed E-state index contributed by atoms with van der Waals surface area (Å²) in [6.07, 6.45) is 0. The maximum Gasteiger partial charge on any atom is 0.269 e. The van der Waals surface area contributed by atoms with Gasteiger partial charge in [0.25, 0.3) is 5.91 Å². The van der Waals surface area contributed by atoms with Gasteiger partial charge in [0, 0.05) is 11.6 Å². The summed E-state index contributed by atoms with van der Waals surface area (Å²) in [5.74, 6) is -1.61. The van der Waals surface area contributed by atoms with Gasteiger partial charge in [-0.25, -0.2) is 8.78 Å². The molecule has 0 aliphatic heterocycles. The fraction of sp³-hybridized carbons (Fsp3) is 0.154. The summed E-state index contributed by atoms with van der Waals surface area (Å²) in [6.45, 7) is 1.69. The van der Waals surface area contributed by atoms with Crippen molar-refractivity contribution in [2.45, 2.75) is 13.0 Å². The minimum Gasteiger partial charge on any atom is -0.364 e. The van der Waals surface area contributed by atoms with Crippen molar-refractivity contribution < 1.29 is 13.6 Å². The zero-order valence-corrected chi connectivity index (χ0v) is 10.6. The van der Waals surface area contributed by atoms with Crippen LogP contribution in [-0.2, 0) is 0 Å². The minimum absolute atomic E-state index is 0.0381. The molecular weight excluding hydrogens is 266 g/mol. The van der Waals surface area contributed by atoms with Gasteiger partial charge >= 0.3 is 0 Å². The molecule has 0 fully saturated rings. The Balaban J connectivity index is 2.14. The normalized spacial score (nSPS) is 11.9. The average Bonchev–Trinajstić information content (AvgIpc) is 2.39. The molecule has 0 bridgehead atoms. The molecule has 20 heavy (non-hydrogen) atoms. The molecule has 0 spiro atoms. The van der Waals surface area contributed by atoms with Gasteiger partial charge in [-0.3, -0.25) is 4.79 Å². The summed E-state index contributed by atoms with van der Waals surface area (Å²) in [5.41, 5.74) is 5.38. The molecule has 2 rings (SSSR count). The molecule has 3 N–H and O–H groups in total. The molecule has 1 atom stereocenters. The van der Waals surface area contributed by atoms with Gasteiger partial charge in [-0.15, -0.1) is 10.2 Å². The Kier molecular flexibility index (Phi) is 3.88. The molecule has 1 unspecified atom stereocenters. The Hall–Kier alpha value is -2.57. The number of aromatic nitrogens is 2. The quantitative estimate of drug-likeness (QED) is 0.896. The second kappa shape index (κ2) is 5.60. The number of primary amides is 1. The largest absolute Gasteiger partial charge is 0.364 e. The zero-order valence-electron chi connectivity index (χ0n) is 10.6. The Labute approximate surface area is 113 Å². The highest BCUT2D eigenvalue weighted by Crippen LogP contribution is 2.21. The Morgan fingerprint density at radius 3 is 2.55 bits per heavy atom. The van der Waals surface area contributed by atoms with E-state index in [4.69, 9.17) is 5.73 Å². The molecule has 0 aliphatic rings. The van der Waals surface area contributed by atoms with Crippen LogP contribution in [0.2, 0.25) is 0 Å². The lowest BCUT2D eigenvalue weighted by Gasteiger charge is -2.15. The van der Waals surface area contributed by atoms with Crippen LogP contribution in [0.5, 0.6) is 0 Å². The van der Waals surface area contributed by atoms with E-state index in [2.05, 4.69) is 15.5 Å². The van der Waals surface area contributed by atoms with E-state index in [-0.39, 0.29) is 5.69 Å². The van der Waals surface area contributed by atoms with Gasteiger partial charge in [-0.05, 0) is 25.1 Å². The maximum absolute atomic E-state index is 13.6. The topological polar surface area (TPSA) is 80.9 Å².